The maximum Gasteiger partial charge on any atom is 1.00 e. The maximum absolute atomic E-state index is 8.79. The van der Waals surface area contributed by atoms with E-state index in [0.29, 0.717) is 0 Å². The summed E-state index contributed by atoms with van der Waals surface area (Å²) in [6, 6.07) is 149. The van der Waals surface area contributed by atoms with Gasteiger partial charge in [0.05, 0.1) is 7.11 Å². The van der Waals surface area contributed by atoms with Crippen LogP contribution in [0.25, 0.3) is 132 Å². The first-order chi connectivity index (χ1) is 69.6. The Hall–Kier alpha value is -5.13. The van der Waals surface area contributed by atoms with Crippen LogP contribution in [-0.2, 0) is 31.1 Å². The maximum atomic E-state index is 8.79. The fourth-order valence-corrected chi connectivity index (χ4v) is 24.3. The quantitative estimate of drug-likeness (QED) is 0.0272. The molecule has 0 bridgehead atoms. The zero-order valence-electron chi connectivity index (χ0n) is 87.1. The molecule has 2 saturated carbocycles. The molecule has 0 saturated heterocycles. The number of hydrogen-bond acceptors (Lipinski definition) is 10. The first-order valence-corrected chi connectivity index (χ1v) is 54.5. The van der Waals surface area contributed by atoms with Crippen molar-refractivity contribution in [3.05, 3.63) is 463 Å². The molecule has 0 heterocycles. The van der Waals surface area contributed by atoms with E-state index in [1.54, 1.807) is 24.9 Å². The third kappa shape index (κ3) is 36.5. The molecule has 0 N–H and O–H groups in total. The van der Waals surface area contributed by atoms with E-state index >= 15 is 0 Å². The Bertz CT molecular complexity index is 6930. The SMILES string of the molecule is COc1ccccc1-c1ccccc1P(C1CCCCC1)C1CCCCC1.CSOO[O-].CSOO[O-].Cc1ccc2ccccc2c1-c1c(C)ccc2ccccc12.Cc1ccccc1-c1cccc2ccccc12.Cc1ccccc1-c1ccccc1.Cc1ccccc1-c1ccccc1.Cc1ccccc1-c1ccccc1N(C)C.PCc1ccc2ccccc2c1-c1c(CP)ccc2ccccc12.[Ar].[Ar].[Ar].[Ar].[Na+].[Na+]. The molecule has 2 atom stereocenters. The van der Waals surface area contributed by atoms with Crippen LogP contribution < -0.4 is 84.6 Å². The molecule has 756 valence electrons. The molecule has 2 aliphatic carbocycles. The van der Waals surface area contributed by atoms with Crippen LogP contribution in [0.2, 0.25) is 0 Å². The van der Waals surface area contributed by atoms with Gasteiger partial charge in [0, 0.05) is 218 Å². The van der Waals surface area contributed by atoms with Gasteiger partial charge in [-0.15, -0.1) is 18.5 Å². The van der Waals surface area contributed by atoms with Crippen LogP contribution in [0.5, 0.6) is 5.75 Å². The summed E-state index contributed by atoms with van der Waals surface area (Å²) in [5.41, 5.74) is 32.5. The molecule has 0 spiro atoms. The van der Waals surface area contributed by atoms with Crippen molar-refractivity contribution in [3.63, 3.8) is 0 Å². The minimum absolute atomic E-state index is 0. The molecule has 0 radical (unpaired) electrons. The largest absolute Gasteiger partial charge is 1.00 e. The van der Waals surface area contributed by atoms with Gasteiger partial charge in [-0.1, -0.05) is 453 Å². The van der Waals surface area contributed by atoms with Crippen molar-refractivity contribution in [1.29, 1.82) is 0 Å². The summed E-state index contributed by atoms with van der Waals surface area (Å²) in [5.74, 6) is 1.01. The van der Waals surface area contributed by atoms with E-state index in [1.165, 1.54) is 246 Å². The Labute approximate surface area is 1060 Å². The second kappa shape index (κ2) is 70.5. The normalized spacial score (nSPS) is 11.6. The van der Waals surface area contributed by atoms with Crippen LogP contribution in [0.4, 0.5) is 5.69 Å². The number of fused-ring (bicyclic) bond motifs is 5. The predicted molar refractivity (Wildman–Crippen MR) is 618 cm³/mol. The summed E-state index contributed by atoms with van der Waals surface area (Å²) in [6.45, 7) is 13.0. The average Bonchev–Trinajstić information content (AvgIpc) is 0.756. The van der Waals surface area contributed by atoms with Crippen LogP contribution in [0.15, 0.2) is 419 Å². The fraction of sp³-hybridized carbons (Fsp3) is 0.194. The predicted octanol–water partition coefficient (Wildman–Crippen LogP) is 28.7. The Morgan fingerprint density at radius 2 is 0.574 bits per heavy atom. The molecule has 0 aliphatic heterocycles. The summed E-state index contributed by atoms with van der Waals surface area (Å²) in [4.78, 5) is 2.15. The zero-order chi connectivity index (χ0) is 99.7. The van der Waals surface area contributed by atoms with E-state index in [2.05, 4.69) is 504 Å². The van der Waals surface area contributed by atoms with Crippen LogP contribution in [-0.4, -0.2) is 45.0 Å². The molecule has 148 heavy (non-hydrogen) atoms. The molecular weight excluding hydrogens is 2040 g/mol. The van der Waals surface area contributed by atoms with E-state index in [9.17, 15) is 0 Å². The molecule has 2 aliphatic rings. The fourth-order valence-electron chi connectivity index (χ4n) is 19.6. The number of rotatable bonds is 18. The van der Waals surface area contributed by atoms with Gasteiger partial charge in [-0.05, 0) is 273 Å². The number of hydrogen-bond donors (Lipinski definition) is 0. The Balaban J connectivity index is 0.000000231. The third-order valence-corrected chi connectivity index (χ3v) is 31.3. The minimum atomic E-state index is -0.109. The van der Waals surface area contributed by atoms with Crippen molar-refractivity contribution >= 4 is 115 Å². The topological polar surface area (TPSA) is 95.5 Å². The van der Waals surface area contributed by atoms with Gasteiger partial charge in [-0.25, -0.2) is 0 Å². The summed E-state index contributed by atoms with van der Waals surface area (Å²) < 4.78 is 13.1. The Morgan fingerprint density at radius 1 is 0.284 bits per heavy atom. The van der Waals surface area contributed by atoms with Gasteiger partial charge in [0.2, 0.25) is 0 Å². The van der Waals surface area contributed by atoms with Crippen molar-refractivity contribution < 1.29 is 244 Å². The van der Waals surface area contributed by atoms with Crippen LogP contribution in [0, 0.1) is 192 Å². The van der Waals surface area contributed by atoms with E-state index in [1.807, 2.05) is 12.1 Å². The molecule has 0 aromatic heterocycles. The number of para-hydroxylation sites is 2. The molecule has 19 aromatic carbocycles. The first kappa shape index (κ1) is 130. The summed E-state index contributed by atoms with van der Waals surface area (Å²) in [6.07, 6.45) is 19.5. The van der Waals surface area contributed by atoms with E-state index < -0.39 is 0 Å². The second-order valence-electron chi connectivity index (χ2n) is 35.8. The third-order valence-electron chi connectivity index (χ3n) is 26.5. The van der Waals surface area contributed by atoms with Crippen LogP contribution in [0.3, 0.4) is 0 Å². The van der Waals surface area contributed by atoms with E-state index in [-0.39, 0.29) is 218 Å². The zero-order valence-corrected chi connectivity index (χ0v) is 98.8. The van der Waals surface area contributed by atoms with Crippen molar-refractivity contribution in [3.8, 4) is 83.6 Å². The molecule has 2 unspecified atom stereocenters. The van der Waals surface area contributed by atoms with Crippen molar-refractivity contribution in [2.75, 3.05) is 38.6 Å². The average molecular weight is 2170 g/mol. The molecule has 2 fully saturated rings. The minimum Gasteiger partial charge on any atom is -0.691 e. The van der Waals surface area contributed by atoms with E-state index in [0.717, 1.165) is 53.5 Å². The summed E-state index contributed by atoms with van der Waals surface area (Å²) in [7, 11) is 11.6. The number of benzene rings is 19. The standard InChI is InChI=1S/C25H33OP.C22H20P2.C22H18.C17H14.C15H17N.2C13H12.2CH4O3S.4Ar.2Na/c1-26-24-18-10-8-16-22(24)23-17-9-11-19-25(23)27(20-12-4-2-5-13-20)21-14-6-3-7-15-21;23-13-17-11-9-15-5-1-3-7-19(15)21(17)22-18(14-24)12-10-16-6-2-4-8-20(16)22;1-15-11-13-17-7-3-5-9-19(17)21(15)22-16(2)12-14-18-8-4-6-10-20(18)22;1-13-7-2-4-10-15(13)17-12-6-9-14-8-3-5-11-16(14)17;1-12-8-4-5-9-13(12)14-10-6-7-11-15(14)16(2)3;2*1-11-7-5-6-10-13(11)12-8-3-2-4-9-12;2*1-5-4-3-2;;;;;;/h8-11,16-21H,2-7,12-15H2,1H3;1-12H,13-14,23-24H2;3-14H,1-2H3;2-12H,1H3;4-11H,1-3H3;2*2-10H,1H3;2*2H,1H3;;;;;;/q;;;;;;;;;;;;;2*+1/p-2. The number of aryl methyl sites for hydroxylation is 6. The monoisotopic (exact) mass is 2170 g/mol. The number of ether oxygens (including phenoxy) is 1. The Morgan fingerprint density at radius 3 is 0.939 bits per heavy atom. The van der Waals surface area contributed by atoms with Crippen molar-refractivity contribution in [2.24, 2.45) is 0 Å². The number of methoxy groups -OCH3 is 1. The smallest absolute Gasteiger partial charge is 0.691 e. The van der Waals surface area contributed by atoms with Gasteiger partial charge in [0.15, 0.2) is 0 Å². The molecular formula is C129H132Ar4NNa2O7P3S2. The Kier molecular flexibility index (Phi) is 61.8. The summed E-state index contributed by atoms with van der Waals surface area (Å²) in [5, 5.41) is 38.2. The van der Waals surface area contributed by atoms with Crippen molar-refractivity contribution in [1.82, 2.24) is 0 Å². The van der Waals surface area contributed by atoms with Gasteiger partial charge in [-0.3, -0.25) is 10.1 Å². The van der Waals surface area contributed by atoms with Gasteiger partial charge >= 0.3 is 59.1 Å². The van der Waals surface area contributed by atoms with Gasteiger partial charge in [0.1, 0.15) is 5.75 Å². The number of nitrogens with zero attached hydrogens (tertiary/aromatic N) is 1. The molecule has 19 aromatic rings. The van der Waals surface area contributed by atoms with E-state index in [4.69, 9.17) is 15.3 Å². The molecule has 8 nitrogen and oxygen atoms in total. The molecule has 21 rings (SSSR count). The number of anilines is 1. The van der Waals surface area contributed by atoms with Gasteiger partial charge in [0.25, 0.3) is 0 Å². The van der Waals surface area contributed by atoms with Crippen LogP contribution >= 0.6 is 50.5 Å². The van der Waals surface area contributed by atoms with Gasteiger partial charge < -0.3 is 20.2 Å². The van der Waals surface area contributed by atoms with Gasteiger partial charge in [-0.2, -0.15) is 8.67 Å². The molecule has 0 amide bonds. The summed E-state index contributed by atoms with van der Waals surface area (Å²) >= 11 is 1.73. The second-order valence-corrected chi connectivity index (χ2v) is 40.3. The van der Waals surface area contributed by atoms with Crippen LogP contribution in [0.1, 0.15) is 109 Å². The first-order valence-electron chi connectivity index (χ1n) is 49.1. The molecule has 19 heteroatoms. The van der Waals surface area contributed by atoms with Crippen molar-refractivity contribution in [2.45, 2.75) is 129 Å².